The van der Waals surface area contributed by atoms with Crippen molar-refractivity contribution in [2.45, 2.75) is 19.8 Å². The second-order valence-corrected chi connectivity index (χ2v) is 4.73. The van der Waals surface area contributed by atoms with Crippen molar-refractivity contribution in [3.63, 3.8) is 0 Å². The summed E-state index contributed by atoms with van der Waals surface area (Å²) < 4.78 is 14.3. The molecule has 18 heavy (non-hydrogen) atoms. The Morgan fingerprint density at radius 3 is 2.72 bits per heavy atom. The highest BCUT2D eigenvalue weighted by Crippen LogP contribution is 2.29. The smallest absolute Gasteiger partial charge is 0.161 e. The molecule has 1 aromatic carbocycles. The molecule has 0 aliphatic carbocycles. The number of unbranched alkanes of at least 4 members (excludes halogenated alkanes) is 1. The predicted molar refractivity (Wildman–Crippen MR) is 73.0 cm³/mol. The highest BCUT2D eigenvalue weighted by atomic mass is 79.9. The second-order valence-electron chi connectivity index (χ2n) is 3.94. The second kappa shape index (κ2) is 7.34. The van der Waals surface area contributed by atoms with Crippen LogP contribution in [0.3, 0.4) is 0 Å². The van der Waals surface area contributed by atoms with Crippen LogP contribution in [0.1, 0.15) is 25.3 Å². The first-order chi connectivity index (χ1) is 8.65. The lowest BCUT2D eigenvalue weighted by Crippen LogP contribution is -2.28. The van der Waals surface area contributed by atoms with Crippen LogP contribution in [-0.2, 0) is 0 Å². The molecule has 0 aliphatic rings. The van der Waals surface area contributed by atoms with Crippen LogP contribution in [0.15, 0.2) is 16.6 Å². The van der Waals surface area contributed by atoms with E-state index in [4.69, 9.17) is 10.4 Å². The Bertz CT molecular complexity index is 445. The molecule has 0 unspecified atom stereocenters. The van der Waals surface area contributed by atoms with Crippen molar-refractivity contribution >= 4 is 21.6 Å². The zero-order valence-electron chi connectivity index (χ0n) is 10.3. The van der Waals surface area contributed by atoms with Gasteiger partial charge in [0.1, 0.15) is 6.07 Å². The molecule has 1 aromatic rings. The van der Waals surface area contributed by atoms with Crippen LogP contribution < -0.4 is 4.90 Å². The van der Waals surface area contributed by atoms with Crippen LogP contribution in [0, 0.1) is 17.1 Å². The maximum Gasteiger partial charge on any atom is 0.161 e. The summed E-state index contributed by atoms with van der Waals surface area (Å²) in [6.07, 6.45) is 1.93. The molecule has 0 aliphatic heterocycles. The molecule has 0 saturated carbocycles. The average Bonchev–Trinajstić information content (AvgIpc) is 2.38. The van der Waals surface area contributed by atoms with Gasteiger partial charge in [-0.05, 0) is 34.5 Å². The number of hydrogen-bond acceptors (Lipinski definition) is 3. The van der Waals surface area contributed by atoms with Crippen molar-refractivity contribution < 1.29 is 9.50 Å². The number of aliphatic hydroxyl groups excluding tert-OH is 1. The van der Waals surface area contributed by atoms with Gasteiger partial charge < -0.3 is 10.0 Å². The quantitative estimate of drug-likeness (QED) is 0.878. The first-order valence-corrected chi connectivity index (χ1v) is 6.68. The first-order valence-electron chi connectivity index (χ1n) is 5.89. The Kier molecular flexibility index (Phi) is 6.10. The van der Waals surface area contributed by atoms with Gasteiger partial charge in [-0.1, -0.05) is 13.3 Å². The van der Waals surface area contributed by atoms with E-state index in [9.17, 15) is 4.39 Å². The van der Waals surface area contributed by atoms with E-state index in [0.29, 0.717) is 18.8 Å². The molecule has 98 valence electrons. The van der Waals surface area contributed by atoms with Gasteiger partial charge >= 0.3 is 0 Å². The molecule has 5 heteroatoms. The van der Waals surface area contributed by atoms with E-state index in [1.54, 1.807) is 17.0 Å². The molecule has 1 N–H and O–H groups in total. The van der Waals surface area contributed by atoms with E-state index in [2.05, 4.69) is 22.9 Å². The average molecular weight is 315 g/mol. The molecule has 0 atom stereocenters. The number of aliphatic hydroxyl groups is 1. The molecule has 0 saturated heterocycles. The lowest BCUT2D eigenvalue weighted by atomic mass is 10.2. The third-order valence-corrected chi connectivity index (χ3v) is 3.45. The van der Waals surface area contributed by atoms with Crippen molar-refractivity contribution in [2.24, 2.45) is 0 Å². The van der Waals surface area contributed by atoms with E-state index in [1.165, 1.54) is 0 Å². The molecular weight excluding hydrogens is 299 g/mol. The summed E-state index contributed by atoms with van der Waals surface area (Å²) >= 11 is 3.09. The molecule has 0 aromatic heterocycles. The van der Waals surface area contributed by atoms with Crippen molar-refractivity contribution in [1.82, 2.24) is 0 Å². The van der Waals surface area contributed by atoms with Crippen molar-refractivity contribution in [3.8, 4) is 6.07 Å². The highest BCUT2D eigenvalue weighted by molar-refractivity contribution is 9.10. The van der Waals surface area contributed by atoms with E-state index < -0.39 is 5.82 Å². The van der Waals surface area contributed by atoms with Crippen LogP contribution in [0.2, 0.25) is 0 Å². The molecule has 3 nitrogen and oxygen atoms in total. The van der Waals surface area contributed by atoms with Gasteiger partial charge in [0.2, 0.25) is 0 Å². The summed E-state index contributed by atoms with van der Waals surface area (Å²) in [5, 5.41) is 17.8. The minimum atomic E-state index is -0.446. The van der Waals surface area contributed by atoms with Crippen molar-refractivity contribution in [3.05, 3.63) is 28.0 Å². The van der Waals surface area contributed by atoms with Crippen LogP contribution >= 0.6 is 15.9 Å². The van der Waals surface area contributed by atoms with Crippen LogP contribution in [0.25, 0.3) is 0 Å². The number of anilines is 1. The maximum atomic E-state index is 14.1. The Labute approximate surface area is 115 Å². The van der Waals surface area contributed by atoms with E-state index in [0.717, 1.165) is 12.8 Å². The summed E-state index contributed by atoms with van der Waals surface area (Å²) in [4.78, 5) is 1.80. The van der Waals surface area contributed by atoms with Crippen LogP contribution in [-0.4, -0.2) is 24.8 Å². The fraction of sp³-hybridized carbons (Fsp3) is 0.462. The Hall–Kier alpha value is -1.12. The topological polar surface area (TPSA) is 47.3 Å². The first kappa shape index (κ1) is 14.9. The lowest BCUT2D eigenvalue weighted by Gasteiger charge is -2.24. The van der Waals surface area contributed by atoms with Gasteiger partial charge in [-0.15, -0.1) is 0 Å². The lowest BCUT2D eigenvalue weighted by molar-refractivity contribution is 0.301. The van der Waals surface area contributed by atoms with E-state index in [1.807, 2.05) is 6.07 Å². The summed E-state index contributed by atoms with van der Waals surface area (Å²) in [6, 6.07) is 5.09. The van der Waals surface area contributed by atoms with E-state index in [-0.39, 0.29) is 16.6 Å². The van der Waals surface area contributed by atoms with Gasteiger partial charge in [-0.25, -0.2) is 4.39 Å². The molecule has 0 bridgehead atoms. The van der Waals surface area contributed by atoms with Gasteiger partial charge in [-0.2, -0.15) is 5.26 Å². The van der Waals surface area contributed by atoms with Crippen LogP contribution in [0.5, 0.6) is 0 Å². The van der Waals surface area contributed by atoms with Crippen molar-refractivity contribution in [2.75, 3.05) is 24.6 Å². The third-order valence-electron chi connectivity index (χ3n) is 2.67. The fourth-order valence-corrected chi connectivity index (χ4v) is 2.12. The minimum absolute atomic E-state index is 0.0270. The van der Waals surface area contributed by atoms with Gasteiger partial charge in [0.15, 0.2) is 5.82 Å². The predicted octanol–water partition coefficient (Wildman–Crippen LogP) is 3.06. The third kappa shape index (κ3) is 3.44. The molecule has 0 heterocycles. The SMILES string of the molecule is CCCCN(CCO)c1ccc(C#N)c(Br)c1F. The summed E-state index contributed by atoms with van der Waals surface area (Å²) in [7, 11) is 0. The Morgan fingerprint density at radius 1 is 1.44 bits per heavy atom. The Morgan fingerprint density at radius 2 is 2.17 bits per heavy atom. The fourth-order valence-electron chi connectivity index (χ4n) is 1.69. The monoisotopic (exact) mass is 314 g/mol. The minimum Gasteiger partial charge on any atom is -0.395 e. The maximum absolute atomic E-state index is 14.1. The highest BCUT2D eigenvalue weighted by Gasteiger charge is 2.15. The number of benzene rings is 1. The zero-order chi connectivity index (χ0) is 13.5. The van der Waals surface area contributed by atoms with Gasteiger partial charge in [0.05, 0.1) is 22.3 Å². The molecular formula is C13H16BrFN2O. The standard InChI is InChI=1S/C13H16BrFN2O/c1-2-3-6-17(7-8-18)11-5-4-10(9-16)12(14)13(11)15/h4-5,18H,2-3,6-8H2,1H3. The zero-order valence-corrected chi connectivity index (χ0v) is 11.9. The van der Waals surface area contributed by atoms with Crippen molar-refractivity contribution in [1.29, 1.82) is 5.26 Å². The number of halogens is 2. The summed E-state index contributed by atoms with van der Waals surface area (Å²) in [6.45, 7) is 3.10. The number of hydrogen-bond donors (Lipinski definition) is 1. The van der Waals surface area contributed by atoms with Gasteiger partial charge in [0, 0.05) is 13.1 Å². The number of rotatable bonds is 6. The number of nitriles is 1. The molecule has 0 amide bonds. The largest absolute Gasteiger partial charge is 0.395 e. The number of nitrogens with zero attached hydrogens (tertiary/aromatic N) is 2. The van der Waals surface area contributed by atoms with Crippen LogP contribution in [0.4, 0.5) is 10.1 Å². The molecule has 0 radical (unpaired) electrons. The van der Waals surface area contributed by atoms with E-state index >= 15 is 0 Å². The Balaban J connectivity index is 3.05. The molecule has 0 spiro atoms. The van der Waals surface area contributed by atoms with Gasteiger partial charge in [-0.3, -0.25) is 0 Å². The summed E-state index contributed by atoms with van der Waals surface area (Å²) in [5.41, 5.74) is 0.694. The van der Waals surface area contributed by atoms with Gasteiger partial charge in [0.25, 0.3) is 0 Å². The molecule has 0 fully saturated rings. The molecule has 1 rings (SSSR count). The normalized spacial score (nSPS) is 10.2. The summed E-state index contributed by atoms with van der Waals surface area (Å²) in [5.74, 6) is -0.446.